The summed E-state index contributed by atoms with van der Waals surface area (Å²) in [5.41, 5.74) is 5.18. The quantitative estimate of drug-likeness (QED) is 0.104. The minimum atomic E-state index is -3.30. The number of imidazole rings is 2. The molecule has 69 heavy (non-hydrogen) atoms. The average Bonchev–Trinajstić information content (AvgIpc) is 4.26. The standard InChI is InChI=1S/C52H52F2N8O7/c1-67-50(65)59-43(29-18-21-69-22-19-29)48(63)61-20-6-9-42(61)46-55-27-41(58-46)32-12-16-36-35-15-11-30(24-37(35)52(53,54)38(36)25-32)31-13-17-39-40(26-31)57-47(56-39)45-33-10-14-34(23-33)62(45)49(64)44(60-51(66)68-2)28-7-4-3-5-8-28/h3-5,7-8,11-13,15-17,24-27,29,33-34,42-45H,6,9-10,14,18-23H2,1-2H3,(H,55,58)(H,56,57)(H,59,65)(H,60,66)/t33-,34-,42+,43+,44-,45+/m1/s1. The second-order valence-corrected chi connectivity index (χ2v) is 18.8. The molecule has 4 amide bonds. The lowest BCUT2D eigenvalue weighted by atomic mass is 9.90. The zero-order valence-electron chi connectivity index (χ0n) is 38.2. The Balaban J connectivity index is 0.830. The molecular formula is C52H52F2N8O7. The molecule has 2 bridgehead atoms. The zero-order chi connectivity index (χ0) is 47.6. The van der Waals surface area contributed by atoms with E-state index < -0.39 is 30.2 Å². The van der Waals surface area contributed by atoms with E-state index in [4.69, 9.17) is 19.2 Å². The molecule has 11 rings (SSSR count). The van der Waals surface area contributed by atoms with Gasteiger partial charge in [-0.05, 0) is 109 Å². The van der Waals surface area contributed by atoms with Gasteiger partial charge in [0.15, 0.2) is 0 Å². The molecule has 0 unspecified atom stereocenters. The highest BCUT2D eigenvalue weighted by Crippen LogP contribution is 2.54. The number of carbonyl (C=O) groups is 4. The van der Waals surface area contributed by atoms with Crippen LogP contribution in [0.4, 0.5) is 18.4 Å². The van der Waals surface area contributed by atoms with Gasteiger partial charge in [0, 0.05) is 42.5 Å². The fraction of sp³-hybridized carbons (Fsp3) is 0.385. The number of aromatic nitrogens is 4. The van der Waals surface area contributed by atoms with E-state index in [1.165, 1.54) is 20.3 Å². The van der Waals surface area contributed by atoms with E-state index in [0.29, 0.717) is 95.2 Å². The minimum Gasteiger partial charge on any atom is -0.453 e. The number of carbonyl (C=O) groups excluding carboxylic acids is 4. The Bertz CT molecular complexity index is 2970. The molecule has 0 radical (unpaired) electrons. The number of aromatic amines is 2. The second-order valence-electron chi connectivity index (χ2n) is 18.8. The highest BCUT2D eigenvalue weighted by molar-refractivity contribution is 5.90. The van der Waals surface area contributed by atoms with Gasteiger partial charge in [-0.1, -0.05) is 60.7 Å². The number of H-pyrrole nitrogens is 2. The third kappa shape index (κ3) is 7.85. The number of methoxy groups -OCH3 is 2. The van der Waals surface area contributed by atoms with E-state index in [2.05, 4.69) is 25.6 Å². The summed E-state index contributed by atoms with van der Waals surface area (Å²) in [6.45, 7) is 1.49. The second kappa shape index (κ2) is 17.7. The van der Waals surface area contributed by atoms with Crippen molar-refractivity contribution < 1.29 is 42.2 Å². The van der Waals surface area contributed by atoms with Crippen LogP contribution in [0.1, 0.15) is 91.4 Å². The number of piperidine rings is 1. The number of hydrogen-bond acceptors (Lipinski definition) is 9. The molecule has 2 aliphatic carbocycles. The van der Waals surface area contributed by atoms with Gasteiger partial charge in [0.05, 0.1) is 49.2 Å². The predicted octanol–water partition coefficient (Wildman–Crippen LogP) is 8.70. The van der Waals surface area contributed by atoms with E-state index in [1.807, 2.05) is 59.5 Å². The van der Waals surface area contributed by atoms with E-state index in [0.717, 1.165) is 31.2 Å². The Kier molecular flexibility index (Phi) is 11.4. The van der Waals surface area contributed by atoms with Gasteiger partial charge in [-0.3, -0.25) is 9.59 Å². The monoisotopic (exact) mass is 938 g/mol. The molecule has 356 valence electrons. The first-order valence-corrected chi connectivity index (χ1v) is 23.7. The van der Waals surface area contributed by atoms with E-state index >= 15 is 8.78 Å². The summed E-state index contributed by atoms with van der Waals surface area (Å²) in [6, 6.07) is 22.5. The maximum Gasteiger partial charge on any atom is 0.407 e. The van der Waals surface area contributed by atoms with Crippen molar-refractivity contribution in [3.63, 3.8) is 0 Å². The van der Waals surface area contributed by atoms with Crippen LogP contribution in [0.15, 0.2) is 91.1 Å². The van der Waals surface area contributed by atoms with Crippen LogP contribution in [0.3, 0.4) is 0 Å². The van der Waals surface area contributed by atoms with Crippen molar-refractivity contribution in [2.75, 3.05) is 34.0 Å². The largest absolute Gasteiger partial charge is 0.453 e. The molecule has 17 heteroatoms. The number of likely N-dealkylation sites (tertiary alicyclic amines) is 2. The average molecular weight is 939 g/mol. The van der Waals surface area contributed by atoms with Crippen LogP contribution in [0, 0.1) is 11.8 Å². The minimum absolute atomic E-state index is 0.00739. The van der Waals surface area contributed by atoms with Crippen molar-refractivity contribution in [2.45, 2.75) is 81.1 Å². The van der Waals surface area contributed by atoms with Crippen molar-refractivity contribution in [1.82, 2.24) is 40.4 Å². The van der Waals surface area contributed by atoms with Crippen molar-refractivity contribution in [3.05, 3.63) is 119 Å². The summed E-state index contributed by atoms with van der Waals surface area (Å²) in [4.78, 5) is 73.4. The molecule has 4 N–H and O–H groups in total. The van der Waals surface area contributed by atoms with E-state index in [1.54, 1.807) is 35.4 Å². The Morgan fingerprint density at radius 3 is 2.23 bits per heavy atom. The van der Waals surface area contributed by atoms with Crippen molar-refractivity contribution in [1.29, 1.82) is 0 Å². The molecule has 5 heterocycles. The zero-order valence-corrected chi connectivity index (χ0v) is 38.2. The van der Waals surface area contributed by atoms with Crippen molar-refractivity contribution >= 4 is 35.0 Å². The molecule has 0 spiro atoms. The van der Waals surface area contributed by atoms with Crippen LogP contribution in [0.5, 0.6) is 0 Å². The summed E-state index contributed by atoms with van der Waals surface area (Å²) in [5.74, 6) is -2.49. The maximum atomic E-state index is 16.7. The first kappa shape index (κ1) is 44.4. The molecule has 2 aromatic heterocycles. The lowest BCUT2D eigenvalue weighted by molar-refractivity contribution is -0.138. The number of hydrogen-bond donors (Lipinski definition) is 4. The van der Waals surface area contributed by atoms with Crippen LogP contribution in [0.2, 0.25) is 0 Å². The molecule has 15 nitrogen and oxygen atoms in total. The summed E-state index contributed by atoms with van der Waals surface area (Å²) >= 11 is 0. The first-order valence-electron chi connectivity index (χ1n) is 23.7. The topological polar surface area (TPSA) is 184 Å². The van der Waals surface area contributed by atoms with E-state index in [9.17, 15) is 19.2 Å². The van der Waals surface area contributed by atoms with Gasteiger partial charge in [-0.25, -0.2) is 19.6 Å². The van der Waals surface area contributed by atoms with Crippen LogP contribution < -0.4 is 10.6 Å². The van der Waals surface area contributed by atoms with Crippen molar-refractivity contribution in [3.8, 4) is 33.5 Å². The number of nitrogens with zero attached hydrogens (tertiary/aromatic N) is 4. The maximum absolute atomic E-state index is 16.7. The SMILES string of the molecule is COC(=O)N[C@H](C(=O)N1CCC[C@H]1c1ncc(-c2ccc3c(c2)C(F)(F)c2cc(-c4ccc5nc([C@@H]6[C@@H]7CC[C@H](C7)N6C(=O)[C@H](NC(=O)OC)c6ccccc6)[nH]c5c4)ccc2-3)[nH]1)C1CCOCC1. The predicted molar refractivity (Wildman–Crippen MR) is 250 cm³/mol. The Hall–Kier alpha value is -7.14. The molecule has 4 fully saturated rings. The Morgan fingerprint density at radius 1 is 0.783 bits per heavy atom. The van der Waals surface area contributed by atoms with Crippen LogP contribution in [-0.4, -0.2) is 99.8 Å². The Morgan fingerprint density at radius 2 is 1.48 bits per heavy atom. The number of fused-ring (bicyclic) bond motifs is 6. The third-order valence-electron chi connectivity index (χ3n) is 15.0. The molecule has 1 saturated carbocycles. The van der Waals surface area contributed by atoms with Gasteiger partial charge in [0.2, 0.25) is 5.91 Å². The lowest BCUT2D eigenvalue weighted by Gasteiger charge is -2.36. The summed E-state index contributed by atoms with van der Waals surface area (Å²) in [5, 5.41) is 5.52. The number of amides is 4. The van der Waals surface area contributed by atoms with Gasteiger partial charge in [-0.15, -0.1) is 0 Å². The highest BCUT2D eigenvalue weighted by Gasteiger charge is 2.52. The summed E-state index contributed by atoms with van der Waals surface area (Å²) in [7, 11) is 2.54. The van der Waals surface area contributed by atoms with Crippen molar-refractivity contribution in [2.24, 2.45) is 11.8 Å². The summed E-state index contributed by atoms with van der Waals surface area (Å²) in [6.07, 6.45) is 5.52. The molecule has 6 atom stereocenters. The number of rotatable bonds is 10. The number of ether oxygens (including phenoxy) is 3. The Labute approximate surface area is 396 Å². The molecule has 5 aliphatic rings. The molecule has 3 saturated heterocycles. The fourth-order valence-electron chi connectivity index (χ4n) is 11.6. The molecule has 4 aromatic carbocycles. The highest BCUT2D eigenvalue weighted by atomic mass is 19.3. The van der Waals surface area contributed by atoms with Gasteiger partial charge in [0.25, 0.3) is 11.8 Å². The summed E-state index contributed by atoms with van der Waals surface area (Å²) < 4.78 is 48.7. The molecular weight excluding hydrogens is 887 g/mol. The fourth-order valence-corrected chi connectivity index (χ4v) is 11.6. The normalized spacial score (nSPS) is 22.3. The number of alkyl carbamates (subject to hydrolysis) is 2. The van der Waals surface area contributed by atoms with Crippen LogP contribution in [0.25, 0.3) is 44.5 Å². The first-order chi connectivity index (χ1) is 33.5. The smallest absolute Gasteiger partial charge is 0.407 e. The third-order valence-corrected chi connectivity index (χ3v) is 15.0. The number of alkyl halides is 2. The van der Waals surface area contributed by atoms with Crippen LogP contribution in [-0.2, 0) is 29.7 Å². The molecule has 6 aromatic rings. The van der Waals surface area contributed by atoms with Gasteiger partial charge < -0.3 is 44.6 Å². The van der Waals surface area contributed by atoms with Gasteiger partial charge >= 0.3 is 12.2 Å². The van der Waals surface area contributed by atoms with E-state index in [-0.39, 0.29) is 52.9 Å². The van der Waals surface area contributed by atoms with Crippen LogP contribution >= 0.6 is 0 Å². The number of nitrogens with one attached hydrogen (secondary N) is 4. The number of benzene rings is 4. The lowest BCUT2D eigenvalue weighted by Crippen LogP contribution is -2.53. The number of halogens is 2. The van der Waals surface area contributed by atoms with Gasteiger partial charge in [-0.2, -0.15) is 8.78 Å². The van der Waals surface area contributed by atoms with Gasteiger partial charge in [0.1, 0.15) is 23.7 Å². The molecule has 3 aliphatic heterocycles.